The van der Waals surface area contributed by atoms with Crippen LogP contribution in [0.2, 0.25) is 0 Å². The molecule has 1 amide bonds. The molecule has 0 saturated carbocycles. The highest BCUT2D eigenvalue weighted by Gasteiger charge is 2.19. The first-order valence-electron chi connectivity index (χ1n) is 9.31. The van der Waals surface area contributed by atoms with Crippen molar-refractivity contribution < 1.29 is 18.0 Å². The van der Waals surface area contributed by atoms with E-state index in [4.69, 9.17) is 0 Å². The van der Waals surface area contributed by atoms with Gasteiger partial charge in [-0.1, -0.05) is 25.1 Å². The number of benzene rings is 1. The Bertz CT molecular complexity index is 1170. The van der Waals surface area contributed by atoms with Crippen molar-refractivity contribution in [2.45, 2.75) is 45.3 Å². The van der Waals surface area contributed by atoms with Crippen LogP contribution in [0.5, 0.6) is 0 Å². The van der Waals surface area contributed by atoms with Crippen molar-refractivity contribution in [1.82, 2.24) is 9.55 Å². The Morgan fingerprint density at radius 3 is 2.67 bits per heavy atom. The summed E-state index contributed by atoms with van der Waals surface area (Å²) in [7, 11) is 0. The third kappa shape index (κ3) is 4.39. The van der Waals surface area contributed by atoms with E-state index in [0.29, 0.717) is 21.9 Å². The van der Waals surface area contributed by atoms with Gasteiger partial charge in [0.1, 0.15) is 4.83 Å². The van der Waals surface area contributed by atoms with Crippen molar-refractivity contribution in [2.24, 2.45) is 0 Å². The fraction of sp³-hybridized carbons (Fsp3) is 0.350. The number of carbonyl (C=O) groups excluding carboxylic acids is 1. The highest BCUT2D eigenvalue weighted by molar-refractivity contribution is 7.99. The summed E-state index contributed by atoms with van der Waals surface area (Å²) in [5.41, 5.74) is 0.307. The normalized spacial score (nSPS) is 11.3. The summed E-state index contributed by atoms with van der Waals surface area (Å²) >= 11 is 2.45. The molecule has 1 aromatic carbocycles. The number of thiophene rings is 1. The van der Waals surface area contributed by atoms with Gasteiger partial charge in [-0.25, -0.2) is 18.2 Å². The molecule has 160 valence electrons. The number of hydrogen-bond acceptors (Lipinski definition) is 5. The van der Waals surface area contributed by atoms with Crippen LogP contribution in [0, 0.1) is 31.3 Å². The molecule has 10 heteroatoms. The van der Waals surface area contributed by atoms with E-state index in [1.54, 1.807) is 4.57 Å². The van der Waals surface area contributed by atoms with Crippen molar-refractivity contribution in [3.05, 3.63) is 50.4 Å². The number of nitrogens with zero attached hydrogens (tertiary/aromatic N) is 2. The molecule has 0 radical (unpaired) electrons. The summed E-state index contributed by atoms with van der Waals surface area (Å²) in [6, 6.07) is 1.69. The number of thioether (sulfide) groups is 1. The molecule has 0 bridgehead atoms. The molecule has 0 fully saturated rings. The lowest BCUT2D eigenvalue weighted by molar-refractivity contribution is -0.113. The smallest absolute Gasteiger partial charge is 0.263 e. The zero-order valence-corrected chi connectivity index (χ0v) is 18.3. The van der Waals surface area contributed by atoms with Crippen molar-refractivity contribution in [2.75, 3.05) is 11.1 Å². The lowest BCUT2D eigenvalue weighted by Crippen LogP contribution is -2.24. The van der Waals surface area contributed by atoms with E-state index >= 15 is 0 Å². The number of unbranched alkanes of at least 4 members (excludes halogenated alkanes) is 1. The second-order valence-electron chi connectivity index (χ2n) is 6.73. The standard InChI is InChI=1S/C20H20F3N3O2S2/c1-4-5-8-26-19(28)15-10(2)11(3)30-18(15)25-20(26)29-9-14(27)24-13-7-6-12(21)16(22)17(13)23/h6-7H,4-5,8-9H2,1-3H3,(H,24,27). The molecule has 2 heterocycles. The van der Waals surface area contributed by atoms with Gasteiger partial charge in [0, 0.05) is 11.4 Å². The van der Waals surface area contributed by atoms with Crippen LogP contribution in [-0.4, -0.2) is 21.2 Å². The van der Waals surface area contributed by atoms with Crippen LogP contribution < -0.4 is 10.9 Å². The summed E-state index contributed by atoms with van der Waals surface area (Å²) < 4.78 is 41.7. The second kappa shape index (κ2) is 9.22. The van der Waals surface area contributed by atoms with Gasteiger partial charge in [0.05, 0.1) is 16.8 Å². The number of aryl methyl sites for hydroxylation is 2. The fourth-order valence-electron chi connectivity index (χ4n) is 2.87. The maximum absolute atomic E-state index is 13.8. The van der Waals surface area contributed by atoms with Crippen molar-refractivity contribution in [3.8, 4) is 0 Å². The van der Waals surface area contributed by atoms with E-state index in [-0.39, 0.29) is 11.3 Å². The Labute approximate surface area is 179 Å². The van der Waals surface area contributed by atoms with E-state index in [1.807, 2.05) is 20.8 Å². The first kappa shape index (κ1) is 22.4. The largest absolute Gasteiger partial charge is 0.323 e. The number of anilines is 1. The predicted molar refractivity (Wildman–Crippen MR) is 114 cm³/mol. The van der Waals surface area contributed by atoms with E-state index in [1.165, 1.54) is 11.3 Å². The molecule has 5 nitrogen and oxygen atoms in total. The molecule has 3 aromatic rings. The third-order valence-electron chi connectivity index (χ3n) is 4.63. The zero-order valence-electron chi connectivity index (χ0n) is 16.6. The third-order valence-corrected chi connectivity index (χ3v) is 6.71. The molecule has 0 atom stereocenters. The van der Waals surface area contributed by atoms with Crippen LogP contribution in [0.15, 0.2) is 22.1 Å². The second-order valence-corrected chi connectivity index (χ2v) is 8.87. The Kier molecular flexibility index (Phi) is 6.87. The van der Waals surface area contributed by atoms with Gasteiger partial charge in [0.2, 0.25) is 5.91 Å². The number of rotatable bonds is 7. The molecule has 0 unspecified atom stereocenters. The maximum Gasteiger partial charge on any atom is 0.263 e. The molecule has 0 aliphatic carbocycles. The molecule has 3 rings (SSSR count). The van der Waals surface area contributed by atoms with Crippen LogP contribution >= 0.6 is 23.1 Å². The maximum atomic E-state index is 13.8. The monoisotopic (exact) mass is 455 g/mol. The Morgan fingerprint density at radius 2 is 1.97 bits per heavy atom. The molecule has 0 saturated heterocycles. The fourth-order valence-corrected chi connectivity index (χ4v) is 4.77. The summed E-state index contributed by atoms with van der Waals surface area (Å²) in [6.07, 6.45) is 1.65. The lowest BCUT2D eigenvalue weighted by atomic mass is 10.2. The van der Waals surface area contributed by atoms with Gasteiger partial charge in [-0.3, -0.25) is 14.2 Å². The molecular weight excluding hydrogens is 435 g/mol. The molecule has 2 aromatic heterocycles. The summed E-state index contributed by atoms with van der Waals surface area (Å²) in [5, 5.41) is 3.20. The predicted octanol–water partition coefficient (Wildman–Crippen LogP) is 5.02. The van der Waals surface area contributed by atoms with Gasteiger partial charge >= 0.3 is 0 Å². The van der Waals surface area contributed by atoms with Gasteiger partial charge in [0.15, 0.2) is 22.6 Å². The topological polar surface area (TPSA) is 64.0 Å². The van der Waals surface area contributed by atoms with E-state index in [9.17, 15) is 22.8 Å². The van der Waals surface area contributed by atoms with Crippen LogP contribution in [0.3, 0.4) is 0 Å². The van der Waals surface area contributed by atoms with Crippen molar-refractivity contribution in [1.29, 1.82) is 0 Å². The van der Waals surface area contributed by atoms with Crippen molar-refractivity contribution in [3.63, 3.8) is 0 Å². The summed E-state index contributed by atoms with van der Waals surface area (Å²) in [6.45, 7) is 6.29. The highest BCUT2D eigenvalue weighted by Crippen LogP contribution is 2.28. The minimum absolute atomic E-state index is 0.148. The number of halogens is 3. The Balaban J connectivity index is 1.85. The van der Waals surface area contributed by atoms with Gasteiger partial charge in [-0.15, -0.1) is 11.3 Å². The Morgan fingerprint density at radius 1 is 1.23 bits per heavy atom. The number of amides is 1. The number of hydrogen-bond donors (Lipinski definition) is 1. The first-order chi connectivity index (χ1) is 14.2. The molecule has 30 heavy (non-hydrogen) atoms. The minimum atomic E-state index is -1.65. The molecule has 0 aliphatic heterocycles. The van der Waals surface area contributed by atoms with Crippen LogP contribution in [0.1, 0.15) is 30.2 Å². The number of carbonyl (C=O) groups is 1. The number of fused-ring (bicyclic) bond motifs is 1. The average Bonchev–Trinajstić information content (AvgIpc) is 3.00. The van der Waals surface area contributed by atoms with Gasteiger partial charge in [-0.2, -0.15) is 0 Å². The summed E-state index contributed by atoms with van der Waals surface area (Å²) in [4.78, 5) is 31.5. The van der Waals surface area contributed by atoms with Crippen LogP contribution in [-0.2, 0) is 11.3 Å². The summed E-state index contributed by atoms with van der Waals surface area (Å²) in [5.74, 6) is -5.24. The highest BCUT2D eigenvalue weighted by atomic mass is 32.2. The van der Waals surface area contributed by atoms with Crippen LogP contribution in [0.4, 0.5) is 18.9 Å². The first-order valence-corrected chi connectivity index (χ1v) is 11.1. The Hall–Kier alpha value is -2.33. The van der Waals surface area contributed by atoms with E-state index < -0.39 is 29.0 Å². The molecule has 0 aliphatic rings. The van der Waals surface area contributed by atoms with Gasteiger partial charge < -0.3 is 5.32 Å². The molecule has 0 spiro atoms. The minimum Gasteiger partial charge on any atom is -0.323 e. The van der Waals surface area contributed by atoms with E-state index in [2.05, 4.69) is 10.3 Å². The zero-order chi connectivity index (χ0) is 22.0. The molecule has 1 N–H and O–H groups in total. The van der Waals surface area contributed by atoms with Crippen LogP contribution in [0.25, 0.3) is 10.2 Å². The van der Waals surface area contributed by atoms with Crippen molar-refractivity contribution >= 4 is 44.9 Å². The number of aromatic nitrogens is 2. The quantitative estimate of drug-likeness (QED) is 0.309. The SMILES string of the molecule is CCCCn1c(SCC(=O)Nc2ccc(F)c(F)c2F)nc2sc(C)c(C)c2c1=O. The number of nitrogens with one attached hydrogen (secondary N) is 1. The lowest BCUT2D eigenvalue weighted by Gasteiger charge is -2.12. The average molecular weight is 456 g/mol. The molecular formula is C20H20F3N3O2S2. The van der Waals surface area contributed by atoms with Gasteiger partial charge in [-0.05, 0) is 38.0 Å². The van der Waals surface area contributed by atoms with E-state index in [0.717, 1.165) is 47.2 Å². The van der Waals surface area contributed by atoms with Gasteiger partial charge in [0.25, 0.3) is 5.56 Å².